The average Bonchev–Trinajstić information content (AvgIpc) is 2.41. The monoisotopic (exact) mass is 267 g/mol. The first kappa shape index (κ1) is 15.5. The van der Waals surface area contributed by atoms with Crippen molar-refractivity contribution in [2.45, 2.75) is 12.8 Å². The molecule has 0 aliphatic heterocycles. The number of carbonyl (C=O) groups is 1. The van der Waals surface area contributed by atoms with Gasteiger partial charge < -0.3 is 19.8 Å². The molecule has 5 heteroatoms. The maximum absolute atomic E-state index is 10.5. The fourth-order valence-electron chi connectivity index (χ4n) is 1.73. The van der Waals surface area contributed by atoms with Crippen molar-refractivity contribution in [3.63, 3.8) is 0 Å². The average molecular weight is 267 g/mol. The van der Waals surface area contributed by atoms with Crippen LogP contribution in [0.25, 0.3) is 0 Å². The summed E-state index contributed by atoms with van der Waals surface area (Å²) >= 11 is 0. The lowest BCUT2D eigenvalue weighted by Gasteiger charge is -2.20. The van der Waals surface area contributed by atoms with Gasteiger partial charge in [0.15, 0.2) is 0 Å². The van der Waals surface area contributed by atoms with E-state index in [1.807, 2.05) is 35.2 Å². The zero-order chi connectivity index (χ0) is 13.9. The van der Waals surface area contributed by atoms with Crippen LogP contribution in [0, 0.1) is 0 Å². The van der Waals surface area contributed by atoms with Crippen LogP contribution < -0.4 is 4.74 Å². The molecular weight excluding hydrogens is 246 g/mol. The minimum Gasteiger partial charge on any atom is -0.494 e. The number of carboxylic acids is 1. The normalized spacial score (nSPS) is 10.6. The molecule has 0 radical (unpaired) electrons. The Morgan fingerprint density at radius 1 is 1.16 bits per heavy atom. The maximum Gasteiger partial charge on any atom is 0.304 e. The lowest BCUT2D eigenvalue weighted by Crippen LogP contribution is -2.31. The van der Waals surface area contributed by atoms with E-state index in [0.29, 0.717) is 19.7 Å². The number of ether oxygens (including phenoxy) is 1. The van der Waals surface area contributed by atoms with E-state index >= 15 is 0 Å². The van der Waals surface area contributed by atoms with Gasteiger partial charge in [0.1, 0.15) is 5.75 Å². The van der Waals surface area contributed by atoms with Crippen molar-refractivity contribution in [2.75, 3.05) is 32.8 Å². The van der Waals surface area contributed by atoms with E-state index in [1.165, 1.54) is 0 Å². The minimum absolute atomic E-state index is 0.0408. The Morgan fingerprint density at radius 3 is 2.53 bits per heavy atom. The van der Waals surface area contributed by atoms with Crippen LogP contribution in [0.4, 0.5) is 0 Å². The van der Waals surface area contributed by atoms with Crippen molar-refractivity contribution in [3.05, 3.63) is 30.3 Å². The van der Waals surface area contributed by atoms with Crippen LogP contribution in [-0.2, 0) is 4.79 Å². The Bertz CT molecular complexity index is 356. The van der Waals surface area contributed by atoms with E-state index in [4.69, 9.17) is 14.9 Å². The number of aliphatic carboxylic acids is 1. The molecule has 0 aliphatic carbocycles. The number of aliphatic hydroxyl groups is 1. The van der Waals surface area contributed by atoms with Crippen LogP contribution >= 0.6 is 0 Å². The van der Waals surface area contributed by atoms with Gasteiger partial charge in [-0.2, -0.15) is 0 Å². The fraction of sp³-hybridized carbons (Fsp3) is 0.500. The van der Waals surface area contributed by atoms with E-state index in [9.17, 15) is 4.79 Å². The molecule has 0 saturated carbocycles. The van der Waals surface area contributed by atoms with Gasteiger partial charge in [-0.05, 0) is 18.6 Å². The first-order valence-corrected chi connectivity index (χ1v) is 6.45. The second kappa shape index (κ2) is 9.35. The van der Waals surface area contributed by atoms with E-state index < -0.39 is 5.97 Å². The lowest BCUT2D eigenvalue weighted by molar-refractivity contribution is -0.137. The van der Waals surface area contributed by atoms with Gasteiger partial charge in [-0.3, -0.25) is 4.79 Å². The Kier molecular flexibility index (Phi) is 7.62. The molecule has 19 heavy (non-hydrogen) atoms. The summed E-state index contributed by atoms with van der Waals surface area (Å²) in [7, 11) is 0. The summed E-state index contributed by atoms with van der Waals surface area (Å²) in [6, 6.07) is 9.56. The van der Waals surface area contributed by atoms with Crippen LogP contribution in [-0.4, -0.2) is 53.9 Å². The van der Waals surface area contributed by atoms with Gasteiger partial charge in [0.05, 0.1) is 19.6 Å². The second-order valence-electron chi connectivity index (χ2n) is 4.22. The van der Waals surface area contributed by atoms with Crippen molar-refractivity contribution >= 4 is 5.97 Å². The molecule has 1 aromatic carbocycles. The SMILES string of the molecule is O=C(O)CCN(CCO)CCCOc1ccccc1. The topological polar surface area (TPSA) is 70.0 Å². The third kappa shape index (κ3) is 7.43. The van der Waals surface area contributed by atoms with E-state index in [2.05, 4.69) is 0 Å². The zero-order valence-electron chi connectivity index (χ0n) is 11.0. The summed E-state index contributed by atoms with van der Waals surface area (Å²) in [5.41, 5.74) is 0. The number of para-hydroxylation sites is 1. The summed E-state index contributed by atoms with van der Waals surface area (Å²) in [6.45, 7) is 2.30. The quantitative estimate of drug-likeness (QED) is 0.624. The molecule has 2 N–H and O–H groups in total. The van der Waals surface area contributed by atoms with E-state index in [1.54, 1.807) is 0 Å². The molecule has 5 nitrogen and oxygen atoms in total. The Balaban J connectivity index is 2.18. The van der Waals surface area contributed by atoms with Crippen LogP contribution in [0.3, 0.4) is 0 Å². The molecule has 0 aromatic heterocycles. The van der Waals surface area contributed by atoms with Crippen molar-refractivity contribution in [2.24, 2.45) is 0 Å². The number of benzene rings is 1. The van der Waals surface area contributed by atoms with Gasteiger partial charge in [0.25, 0.3) is 0 Å². The number of nitrogens with zero attached hydrogens (tertiary/aromatic N) is 1. The third-order valence-electron chi connectivity index (χ3n) is 2.69. The highest BCUT2D eigenvalue weighted by atomic mass is 16.5. The number of aliphatic hydroxyl groups excluding tert-OH is 1. The highest BCUT2D eigenvalue weighted by Crippen LogP contribution is 2.08. The molecular formula is C14H21NO4. The van der Waals surface area contributed by atoms with Crippen molar-refractivity contribution in [3.8, 4) is 5.75 Å². The van der Waals surface area contributed by atoms with E-state index in [-0.39, 0.29) is 13.0 Å². The first-order chi connectivity index (χ1) is 9.22. The lowest BCUT2D eigenvalue weighted by atomic mass is 10.3. The smallest absolute Gasteiger partial charge is 0.304 e. The highest BCUT2D eigenvalue weighted by Gasteiger charge is 2.06. The van der Waals surface area contributed by atoms with Gasteiger partial charge in [0, 0.05) is 19.6 Å². The largest absolute Gasteiger partial charge is 0.494 e. The van der Waals surface area contributed by atoms with Crippen molar-refractivity contribution < 1.29 is 19.7 Å². The molecule has 0 atom stereocenters. The Morgan fingerprint density at radius 2 is 1.89 bits per heavy atom. The molecule has 0 unspecified atom stereocenters. The first-order valence-electron chi connectivity index (χ1n) is 6.45. The van der Waals surface area contributed by atoms with Gasteiger partial charge >= 0.3 is 5.97 Å². The summed E-state index contributed by atoms with van der Waals surface area (Å²) in [5.74, 6) is 0.0187. The fourth-order valence-corrected chi connectivity index (χ4v) is 1.73. The summed E-state index contributed by atoms with van der Waals surface area (Å²) in [6.07, 6.45) is 0.897. The molecule has 1 rings (SSSR count). The number of hydrogen-bond acceptors (Lipinski definition) is 4. The van der Waals surface area contributed by atoms with Crippen LogP contribution in [0.15, 0.2) is 30.3 Å². The number of rotatable bonds is 10. The Labute approximate surface area is 113 Å². The minimum atomic E-state index is -0.816. The number of carboxylic acid groups (broad SMARTS) is 1. The summed E-state index contributed by atoms with van der Waals surface area (Å²) < 4.78 is 5.55. The van der Waals surface area contributed by atoms with Crippen molar-refractivity contribution in [1.29, 1.82) is 0 Å². The molecule has 106 valence electrons. The van der Waals surface area contributed by atoms with Crippen molar-refractivity contribution in [1.82, 2.24) is 4.90 Å². The molecule has 0 saturated heterocycles. The molecule has 0 bridgehead atoms. The number of hydrogen-bond donors (Lipinski definition) is 2. The predicted octanol–water partition coefficient (Wildman–Crippen LogP) is 1.22. The van der Waals surface area contributed by atoms with Gasteiger partial charge in [-0.15, -0.1) is 0 Å². The van der Waals surface area contributed by atoms with Gasteiger partial charge in [-0.1, -0.05) is 18.2 Å². The highest BCUT2D eigenvalue weighted by molar-refractivity contribution is 5.66. The predicted molar refractivity (Wildman–Crippen MR) is 72.3 cm³/mol. The second-order valence-corrected chi connectivity index (χ2v) is 4.22. The van der Waals surface area contributed by atoms with Crippen LogP contribution in [0.5, 0.6) is 5.75 Å². The van der Waals surface area contributed by atoms with Gasteiger partial charge in [0.2, 0.25) is 0 Å². The molecule has 0 heterocycles. The molecule has 0 amide bonds. The molecule has 0 fully saturated rings. The van der Waals surface area contributed by atoms with Crippen LogP contribution in [0.2, 0.25) is 0 Å². The maximum atomic E-state index is 10.5. The Hall–Kier alpha value is -1.59. The zero-order valence-corrected chi connectivity index (χ0v) is 11.0. The standard InChI is InChI=1S/C14H21NO4/c16-11-10-15(9-7-14(17)18)8-4-12-19-13-5-2-1-3-6-13/h1-3,5-6,16H,4,7-12H2,(H,17,18). The van der Waals surface area contributed by atoms with Crippen LogP contribution in [0.1, 0.15) is 12.8 Å². The van der Waals surface area contributed by atoms with Gasteiger partial charge in [-0.25, -0.2) is 0 Å². The molecule has 0 spiro atoms. The van der Waals surface area contributed by atoms with E-state index in [0.717, 1.165) is 18.7 Å². The third-order valence-corrected chi connectivity index (χ3v) is 2.69. The summed E-state index contributed by atoms with van der Waals surface area (Å²) in [4.78, 5) is 12.4. The molecule has 0 aliphatic rings. The molecule has 1 aromatic rings. The summed E-state index contributed by atoms with van der Waals surface area (Å²) in [5, 5.41) is 17.6.